The topological polar surface area (TPSA) is 109 Å². The summed E-state index contributed by atoms with van der Waals surface area (Å²) in [5.41, 5.74) is 4.37. The van der Waals surface area contributed by atoms with Crippen molar-refractivity contribution in [3.05, 3.63) is 80.9 Å². The number of hydrogen-bond acceptors (Lipinski definition) is 4. The second kappa shape index (κ2) is 9.30. The van der Waals surface area contributed by atoms with Gasteiger partial charge in [0.2, 0.25) is 5.78 Å². The summed E-state index contributed by atoms with van der Waals surface area (Å²) < 4.78 is 2.69. The van der Waals surface area contributed by atoms with Gasteiger partial charge >= 0.3 is 5.97 Å². The fraction of sp³-hybridized carbons (Fsp3) is 0.115. The van der Waals surface area contributed by atoms with Gasteiger partial charge in [-0.05, 0) is 70.5 Å². The second-order valence-corrected chi connectivity index (χ2v) is 9.12. The van der Waals surface area contributed by atoms with Crippen LogP contribution in [-0.2, 0) is 23.1 Å². The Hall–Kier alpha value is -3.66. The van der Waals surface area contributed by atoms with Crippen molar-refractivity contribution in [3.8, 4) is 17.0 Å². The highest BCUT2D eigenvalue weighted by molar-refractivity contribution is 14.1. The molecule has 0 aliphatic rings. The first kappa shape index (κ1) is 23.5. The van der Waals surface area contributed by atoms with E-state index in [9.17, 15) is 24.6 Å². The number of aryl methyl sites for hydroxylation is 2. The summed E-state index contributed by atoms with van der Waals surface area (Å²) in [7, 11) is 1.83. The number of nitrogens with zero attached hydrogens (tertiary/aromatic N) is 1. The van der Waals surface area contributed by atoms with E-state index in [0.29, 0.717) is 22.2 Å². The number of Topliss-reactive ketones (excluding diaryl/α,β-unsaturated/α-hetero) is 1. The molecule has 0 atom stereocenters. The molecule has 0 aliphatic heterocycles. The Morgan fingerprint density at radius 1 is 1.03 bits per heavy atom. The number of carboxylic acid groups (broad SMARTS) is 1. The molecule has 7 nitrogen and oxygen atoms in total. The molecular weight excluding hydrogens is 547 g/mol. The minimum atomic E-state index is -1.20. The van der Waals surface area contributed by atoms with E-state index in [-0.39, 0.29) is 17.7 Å². The van der Waals surface area contributed by atoms with Crippen LogP contribution in [0.1, 0.15) is 21.5 Å². The summed E-state index contributed by atoms with van der Waals surface area (Å²) >= 11 is 2.15. The number of anilines is 1. The molecule has 4 aromatic rings. The third-order valence-corrected chi connectivity index (χ3v) is 6.67. The number of carbonyl (C=O) groups excluding carboxylic acids is 2. The van der Waals surface area contributed by atoms with Crippen LogP contribution in [0.15, 0.2) is 60.7 Å². The highest BCUT2D eigenvalue weighted by atomic mass is 127. The van der Waals surface area contributed by atoms with E-state index in [4.69, 9.17) is 0 Å². The number of fused-ring (bicyclic) bond motifs is 1. The number of carbonyl (C=O) groups is 3. The van der Waals surface area contributed by atoms with Crippen molar-refractivity contribution in [2.24, 2.45) is 7.05 Å². The lowest BCUT2D eigenvalue weighted by Crippen LogP contribution is -2.24. The molecule has 0 aliphatic carbocycles. The fourth-order valence-corrected chi connectivity index (χ4v) is 5.04. The third kappa shape index (κ3) is 4.54. The minimum absolute atomic E-state index is 0.0596. The smallest absolute Gasteiger partial charge is 0.339 e. The van der Waals surface area contributed by atoms with Crippen LogP contribution in [0.3, 0.4) is 0 Å². The molecule has 0 saturated heterocycles. The fourth-order valence-electron chi connectivity index (χ4n) is 3.94. The molecule has 3 aromatic carbocycles. The summed E-state index contributed by atoms with van der Waals surface area (Å²) in [6.07, 6.45) is -0.0596. The lowest BCUT2D eigenvalue weighted by atomic mass is 10.0. The lowest BCUT2D eigenvalue weighted by Gasteiger charge is -2.09. The number of rotatable bonds is 6. The number of nitrogens with one attached hydrogen (secondary N) is 1. The Morgan fingerprint density at radius 2 is 1.76 bits per heavy atom. The number of carboxylic acids is 1. The van der Waals surface area contributed by atoms with Crippen LogP contribution in [0.2, 0.25) is 0 Å². The quantitative estimate of drug-likeness (QED) is 0.226. The largest absolute Gasteiger partial charge is 0.507 e. The molecule has 8 heteroatoms. The maximum absolute atomic E-state index is 12.6. The number of ketones is 1. The third-order valence-electron chi connectivity index (χ3n) is 5.58. The maximum Gasteiger partial charge on any atom is 0.339 e. The summed E-state index contributed by atoms with van der Waals surface area (Å²) in [4.78, 5) is 36.4. The SMILES string of the molecule is Cc1cccc(NC(=O)C(=O)Cc2cccc(-c3c(I)c4cc(C(=O)O)c(O)cc4n3C)c2)c1. The number of aromatic nitrogens is 1. The van der Waals surface area contributed by atoms with Crippen LogP contribution in [-0.4, -0.2) is 32.4 Å². The monoisotopic (exact) mass is 568 g/mol. The normalized spacial score (nSPS) is 10.9. The van der Waals surface area contributed by atoms with Gasteiger partial charge in [-0.1, -0.05) is 30.3 Å². The van der Waals surface area contributed by atoms with Gasteiger partial charge in [0.05, 0.1) is 11.2 Å². The zero-order valence-corrected chi connectivity index (χ0v) is 20.6. The molecule has 0 spiro atoms. The highest BCUT2D eigenvalue weighted by Gasteiger charge is 2.20. The van der Waals surface area contributed by atoms with Crippen LogP contribution in [0.4, 0.5) is 5.69 Å². The van der Waals surface area contributed by atoms with Crippen molar-refractivity contribution < 1.29 is 24.6 Å². The van der Waals surface area contributed by atoms with E-state index in [1.165, 1.54) is 12.1 Å². The molecular formula is C26H21IN2O5. The molecule has 172 valence electrons. The first-order valence-corrected chi connectivity index (χ1v) is 11.5. The van der Waals surface area contributed by atoms with Crippen LogP contribution in [0, 0.1) is 10.5 Å². The van der Waals surface area contributed by atoms with Gasteiger partial charge < -0.3 is 20.1 Å². The molecule has 3 N–H and O–H groups in total. The van der Waals surface area contributed by atoms with Gasteiger partial charge in [-0.15, -0.1) is 0 Å². The van der Waals surface area contributed by atoms with Gasteiger partial charge in [0.15, 0.2) is 0 Å². The van der Waals surface area contributed by atoms with Crippen LogP contribution in [0.25, 0.3) is 22.2 Å². The number of hydrogen-bond donors (Lipinski definition) is 3. The van der Waals surface area contributed by atoms with Crippen molar-refractivity contribution in [3.63, 3.8) is 0 Å². The van der Waals surface area contributed by atoms with Gasteiger partial charge in [0, 0.05) is 34.2 Å². The van der Waals surface area contributed by atoms with Gasteiger partial charge in [0.1, 0.15) is 11.3 Å². The molecule has 0 radical (unpaired) electrons. The molecule has 1 amide bonds. The number of halogens is 1. The molecule has 1 heterocycles. The summed E-state index contributed by atoms with van der Waals surface area (Å²) in [6.45, 7) is 1.90. The van der Waals surface area contributed by atoms with E-state index in [1.54, 1.807) is 18.2 Å². The average molecular weight is 568 g/mol. The van der Waals surface area contributed by atoms with Crippen molar-refractivity contribution in [1.29, 1.82) is 0 Å². The number of aromatic carboxylic acids is 1. The lowest BCUT2D eigenvalue weighted by molar-refractivity contribution is -0.134. The molecule has 0 bridgehead atoms. The molecule has 0 saturated carbocycles. The van der Waals surface area contributed by atoms with Gasteiger partial charge in [-0.25, -0.2) is 4.79 Å². The molecule has 1 aromatic heterocycles. The van der Waals surface area contributed by atoms with Crippen molar-refractivity contribution in [2.45, 2.75) is 13.3 Å². The van der Waals surface area contributed by atoms with Crippen molar-refractivity contribution >= 4 is 56.8 Å². The number of benzene rings is 3. The Morgan fingerprint density at radius 3 is 2.47 bits per heavy atom. The van der Waals surface area contributed by atoms with E-state index >= 15 is 0 Å². The second-order valence-electron chi connectivity index (χ2n) is 8.04. The summed E-state index contributed by atoms with van der Waals surface area (Å²) in [5.74, 6) is -2.74. The molecule has 34 heavy (non-hydrogen) atoms. The van der Waals surface area contributed by atoms with Crippen LogP contribution < -0.4 is 5.32 Å². The van der Waals surface area contributed by atoms with E-state index in [0.717, 1.165) is 20.4 Å². The summed E-state index contributed by atoms with van der Waals surface area (Å²) in [6, 6.07) is 17.5. The van der Waals surface area contributed by atoms with E-state index in [1.807, 2.05) is 48.9 Å². The zero-order chi connectivity index (χ0) is 24.6. The Labute approximate surface area is 209 Å². The molecule has 0 unspecified atom stereocenters. The predicted octanol–water partition coefficient (Wildman–Crippen LogP) is 4.91. The number of aromatic hydroxyl groups is 1. The average Bonchev–Trinajstić information content (AvgIpc) is 3.02. The first-order chi connectivity index (χ1) is 16.2. The Kier molecular flexibility index (Phi) is 6.43. The van der Waals surface area contributed by atoms with Gasteiger partial charge in [-0.2, -0.15) is 0 Å². The predicted molar refractivity (Wildman–Crippen MR) is 138 cm³/mol. The van der Waals surface area contributed by atoms with Crippen molar-refractivity contribution in [1.82, 2.24) is 4.57 Å². The van der Waals surface area contributed by atoms with Crippen molar-refractivity contribution in [2.75, 3.05) is 5.32 Å². The number of phenols is 1. The maximum atomic E-state index is 12.6. The van der Waals surface area contributed by atoms with E-state index in [2.05, 4.69) is 27.9 Å². The number of amides is 1. The summed E-state index contributed by atoms with van der Waals surface area (Å²) in [5, 5.41) is 22.8. The van der Waals surface area contributed by atoms with Crippen LogP contribution in [0.5, 0.6) is 5.75 Å². The van der Waals surface area contributed by atoms with Gasteiger partial charge in [0.25, 0.3) is 5.91 Å². The Balaban J connectivity index is 1.63. The van der Waals surface area contributed by atoms with Gasteiger partial charge in [-0.3, -0.25) is 9.59 Å². The van der Waals surface area contributed by atoms with E-state index < -0.39 is 17.7 Å². The molecule has 0 fully saturated rings. The Bertz CT molecular complexity index is 1470. The zero-order valence-electron chi connectivity index (χ0n) is 18.4. The molecule has 4 rings (SSSR count). The van der Waals surface area contributed by atoms with Crippen LogP contribution >= 0.6 is 22.6 Å². The minimum Gasteiger partial charge on any atom is -0.507 e. The first-order valence-electron chi connectivity index (χ1n) is 10.4. The standard InChI is InChI=1S/C26H21IN2O5/c1-14-5-3-8-17(9-14)28-25(32)22(31)11-15-6-4-7-16(10-15)24-23(27)18-12-19(26(33)34)21(30)13-20(18)29(24)2/h3-10,12-13,30H,11H2,1-2H3,(H,28,32)(H,33,34). The highest BCUT2D eigenvalue weighted by Crippen LogP contribution is 2.37.